The molecule has 1 aromatic carbocycles. The Morgan fingerprint density at radius 1 is 1.38 bits per heavy atom. The number of hydrogen-bond acceptors (Lipinski definition) is 5. The molecule has 0 bridgehead atoms. The molecule has 2 heterocycles. The number of hydroxylamine groups is 1. The van der Waals surface area contributed by atoms with Gasteiger partial charge in [0.05, 0.1) is 25.3 Å². The zero-order valence-electron chi connectivity index (χ0n) is 11.9. The largest absolute Gasteiger partial charge is 0.493 e. The van der Waals surface area contributed by atoms with Crippen LogP contribution in [-0.2, 0) is 9.57 Å². The summed E-state index contributed by atoms with van der Waals surface area (Å²) >= 11 is 5.67. The third kappa shape index (κ3) is 2.95. The lowest BCUT2D eigenvalue weighted by Gasteiger charge is -2.15. The highest BCUT2D eigenvalue weighted by molar-refractivity contribution is 6.18. The van der Waals surface area contributed by atoms with Crippen LogP contribution < -0.4 is 15.0 Å². The predicted molar refractivity (Wildman–Crippen MR) is 79.6 cm³/mol. The lowest BCUT2D eigenvalue weighted by molar-refractivity contribution is -0.0373. The molecule has 0 amide bonds. The van der Waals surface area contributed by atoms with E-state index in [1.807, 2.05) is 18.2 Å². The fraction of sp³-hybridized carbons (Fsp3) is 0.467. The number of ether oxygens (including phenoxy) is 3. The first-order valence-electron chi connectivity index (χ1n) is 6.88. The van der Waals surface area contributed by atoms with Crippen molar-refractivity contribution in [3.63, 3.8) is 0 Å². The van der Waals surface area contributed by atoms with Crippen molar-refractivity contribution in [3.05, 3.63) is 29.8 Å². The number of methoxy groups -OCH3 is 1. The summed E-state index contributed by atoms with van der Waals surface area (Å²) in [5.74, 6) is 1.78. The average molecular weight is 312 g/mol. The third-order valence-electron chi connectivity index (χ3n) is 3.60. The molecule has 21 heavy (non-hydrogen) atoms. The second-order valence-corrected chi connectivity index (χ2v) is 5.41. The van der Waals surface area contributed by atoms with Crippen LogP contribution in [0.5, 0.6) is 11.5 Å². The van der Waals surface area contributed by atoms with E-state index in [0.29, 0.717) is 30.6 Å². The normalized spacial score (nSPS) is 24.0. The quantitative estimate of drug-likeness (QED) is 0.846. The molecule has 2 aliphatic rings. The molecule has 0 aromatic heterocycles. The highest BCUT2D eigenvalue weighted by Crippen LogP contribution is 2.35. The second kappa shape index (κ2) is 6.13. The molecule has 1 aromatic rings. The molecule has 0 radical (unpaired) electrons. The summed E-state index contributed by atoms with van der Waals surface area (Å²) in [5.41, 5.74) is 4.54. The Morgan fingerprint density at radius 3 is 3.00 bits per heavy atom. The van der Waals surface area contributed by atoms with Crippen molar-refractivity contribution in [2.45, 2.75) is 12.0 Å². The summed E-state index contributed by atoms with van der Waals surface area (Å²) < 4.78 is 16.3. The Labute approximate surface area is 128 Å². The minimum atomic E-state index is -0.341. The van der Waals surface area contributed by atoms with E-state index in [0.717, 1.165) is 24.3 Å². The molecule has 114 valence electrons. The van der Waals surface area contributed by atoms with Crippen molar-refractivity contribution < 1.29 is 19.0 Å². The highest BCUT2D eigenvalue weighted by Gasteiger charge is 2.39. The minimum absolute atomic E-state index is 0.341. The molecule has 1 N–H and O–H groups in total. The summed E-state index contributed by atoms with van der Waals surface area (Å²) in [6, 6.07) is 5.75. The van der Waals surface area contributed by atoms with Crippen molar-refractivity contribution in [1.29, 1.82) is 0 Å². The molecule has 1 saturated heterocycles. The molecule has 0 saturated carbocycles. The topological polar surface area (TPSA) is 49.0 Å². The summed E-state index contributed by atoms with van der Waals surface area (Å²) in [6.07, 6.45) is 2.93. The van der Waals surface area contributed by atoms with Crippen LogP contribution in [0, 0.1) is 0 Å². The number of benzene rings is 1. The zero-order valence-corrected chi connectivity index (χ0v) is 12.6. The summed E-state index contributed by atoms with van der Waals surface area (Å²) in [4.78, 5) is 5.69. The Kier molecular flexibility index (Phi) is 4.24. The molecule has 6 heteroatoms. The lowest BCUT2D eigenvalue weighted by atomic mass is 10.0. The van der Waals surface area contributed by atoms with E-state index in [-0.39, 0.29) is 5.60 Å². The molecule has 1 atom stereocenters. The number of hydrogen-bond donors (Lipinski definition) is 1. The van der Waals surface area contributed by atoms with Gasteiger partial charge < -0.3 is 14.2 Å². The van der Waals surface area contributed by atoms with E-state index in [4.69, 9.17) is 30.6 Å². The van der Waals surface area contributed by atoms with Gasteiger partial charge in [-0.25, -0.2) is 0 Å². The summed E-state index contributed by atoms with van der Waals surface area (Å²) in [7, 11) is 1.61. The monoisotopic (exact) mass is 311 g/mol. The third-order valence-corrected chi connectivity index (χ3v) is 3.75. The van der Waals surface area contributed by atoms with Gasteiger partial charge in [0.2, 0.25) is 0 Å². The van der Waals surface area contributed by atoms with Gasteiger partial charge in [-0.2, -0.15) is 0 Å². The first kappa shape index (κ1) is 14.5. The molecule has 1 fully saturated rings. The molecule has 5 nitrogen and oxygen atoms in total. The minimum Gasteiger partial charge on any atom is -0.493 e. The Balaban J connectivity index is 1.85. The van der Waals surface area contributed by atoms with E-state index < -0.39 is 0 Å². The Bertz CT molecular complexity index is 540. The van der Waals surface area contributed by atoms with Crippen LogP contribution in [0.25, 0.3) is 5.70 Å². The molecule has 3 rings (SSSR count). The maximum absolute atomic E-state index is 5.69. The van der Waals surface area contributed by atoms with E-state index in [9.17, 15) is 0 Å². The smallest absolute Gasteiger partial charge is 0.161 e. The number of rotatable bonds is 5. The molecule has 1 spiro atoms. The van der Waals surface area contributed by atoms with Gasteiger partial charge in [0.15, 0.2) is 11.5 Å². The van der Waals surface area contributed by atoms with Gasteiger partial charge in [-0.1, -0.05) is 0 Å². The number of alkyl halides is 1. The fourth-order valence-electron chi connectivity index (χ4n) is 2.48. The van der Waals surface area contributed by atoms with Gasteiger partial charge in [0.1, 0.15) is 12.2 Å². The van der Waals surface area contributed by atoms with Crippen LogP contribution in [0.4, 0.5) is 0 Å². The standard InChI is InChI=1S/C15H18ClNO4/c1-18-13-3-2-11(8-14(13)20-7-5-16)12-9-15(21-17-12)4-6-19-10-15/h2-3,8-9,17H,4-7,10H2,1H3. The van der Waals surface area contributed by atoms with E-state index >= 15 is 0 Å². The lowest BCUT2D eigenvalue weighted by Crippen LogP contribution is -2.29. The van der Waals surface area contributed by atoms with Crippen LogP contribution in [0.15, 0.2) is 24.3 Å². The molecular weight excluding hydrogens is 294 g/mol. The zero-order chi connectivity index (χ0) is 14.7. The number of halogens is 1. The van der Waals surface area contributed by atoms with Crippen LogP contribution in [0.3, 0.4) is 0 Å². The molecule has 0 aliphatic carbocycles. The molecule has 1 unspecified atom stereocenters. The van der Waals surface area contributed by atoms with Crippen molar-refractivity contribution >= 4 is 17.3 Å². The van der Waals surface area contributed by atoms with Crippen LogP contribution in [-0.4, -0.2) is 38.4 Å². The first-order chi connectivity index (χ1) is 10.3. The van der Waals surface area contributed by atoms with Crippen LogP contribution >= 0.6 is 11.6 Å². The maximum Gasteiger partial charge on any atom is 0.161 e. The van der Waals surface area contributed by atoms with Gasteiger partial charge in [0.25, 0.3) is 0 Å². The van der Waals surface area contributed by atoms with Crippen molar-refractivity contribution in [2.24, 2.45) is 0 Å². The highest BCUT2D eigenvalue weighted by atomic mass is 35.5. The molecule has 2 aliphatic heterocycles. The van der Waals surface area contributed by atoms with E-state index in [2.05, 4.69) is 11.6 Å². The SMILES string of the molecule is COc1ccc(C2=CC3(CCOC3)ON2)cc1OCCCl. The fourth-order valence-corrected chi connectivity index (χ4v) is 2.56. The van der Waals surface area contributed by atoms with E-state index in [1.165, 1.54) is 0 Å². The summed E-state index contributed by atoms with van der Waals surface area (Å²) in [6.45, 7) is 1.73. The summed E-state index contributed by atoms with van der Waals surface area (Å²) in [5, 5.41) is 0. The van der Waals surface area contributed by atoms with Crippen molar-refractivity contribution in [3.8, 4) is 11.5 Å². The number of nitrogens with one attached hydrogen (secondary N) is 1. The second-order valence-electron chi connectivity index (χ2n) is 5.03. The van der Waals surface area contributed by atoms with Gasteiger partial charge >= 0.3 is 0 Å². The van der Waals surface area contributed by atoms with E-state index in [1.54, 1.807) is 7.11 Å². The van der Waals surface area contributed by atoms with Crippen LogP contribution in [0.1, 0.15) is 12.0 Å². The van der Waals surface area contributed by atoms with Gasteiger partial charge in [-0.05, 0) is 24.3 Å². The van der Waals surface area contributed by atoms with Gasteiger partial charge in [0, 0.05) is 18.6 Å². The first-order valence-corrected chi connectivity index (χ1v) is 7.42. The average Bonchev–Trinajstić information content (AvgIpc) is 3.15. The maximum atomic E-state index is 5.69. The molecular formula is C15H18ClNO4. The Morgan fingerprint density at radius 2 is 2.29 bits per heavy atom. The van der Waals surface area contributed by atoms with Gasteiger partial charge in [-0.15, -0.1) is 11.6 Å². The Hall–Kier alpha value is -1.43. The predicted octanol–water partition coefficient (Wildman–Crippen LogP) is 2.35. The van der Waals surface area contributed by atoms with Crippen LogP contribution in [0.2, 0.25) is 0 Å². The van der Waals surface area contributed by atoms with Gasteiger partial charge in [-0.3, -0.25) is 10.3 Å². The van der Waals surface area contributed by atoms with Crippen molar-refractivity contribution in [2.75, 3.05) is 32.8 Å². The van der Waals surface area contributed by atoms with Crippen molar-refractivity contribution in [1.82, 2.24) is 5.48 Å².